The Bertz CT molecular complexity index is 148. The highest BCUT2D eigenvalue weighted by Gasteiger charge is 1.84. The van der Waals surface area contributed by atoms with E-state index in [1.165, 1.54) is 0 Å². The third-order valence-electron chi connectivity index (χ3n) is 0.802. The molecule has 0 N–H and O–H groups in total. The van der Waals surface area contributed by atoms with E-state index in [4.69, 9.17) is 0 Å². The lowest BCUT2D eigenvalue weighted by molar-refractivity contribution is 1.05. The monoisotopic (exact) mass is 106 g/mol. The molecular formula is C6H6N2. The normalized spacial score (nSPS) is 9.12. The summed E-state index contributed by atoms with van der Waals surface area (Å²) in [6.07, 6.45) is 6.59. The zero-order valence-corrected chi connectivity index (χ0v) is 4.46. The zero-order valence-electron chi connectivity index (χ0n) is 4.46. The summed E-state index contributed by atoms with van der Waals surface area (Å²) >= 11 is 0. The maximum absolute atomic E-state index is 3.92. The summed E-state index contributed by atoms with van der Waals surface area (Å²) in [5, 5.41) is 0. The van der Waals surface area contributed by atoms with Gasteiger partial charge in [-0.05, 0) is 13.3 Å². The molecule has 0 saturated carbocycles. The fourth-order valence-corrected chi connectivity index (χ4v) is 0.418. The average Bonchev–Trinajstić information content (AvgIpc) is 1.90. The first-order valence-electron chi connectivity index (χ1n) is 2.40. The smallest absolute Gasteiger partial charge is 0.112 e. The van der Waals surface area contributed by atoms with E-state index in [0.717, 1.165) is 5.69 Å². The Hall–Kier alpha value is -0.920. The quantitative estimate of drug-likeness (QED) is 0.525. The molecule has 40 valence electrons. The molecule has 1 aromatic heterocycles. The lowest BCUT2D eigenvalue weighted by atomic mass is 10.4. The second kappa shape index (κ2) is 2.40. The number of hydrogen-bond donors (Lipinski definition) is 0. The van der Waals surface area contributed by atoms with Gasteiger partial charge in [0.2, 0.25) is 0 Å². The second-order valence-electron chi connectivity index (χ2n) is 1.36. The summed E-state index contributed by atoms with van der Waals surface area (Å²) in [6.45, 7) is 3.62. The van der Waals surface area contributed by atoms with Crippen LogP contribution in [0.4, 0.5) is 0 Å². The summed E-state index contributed by atoms with van der Waals surface area (Å²) < 4.78 is 0. The fourth-order valence-electron chi connectivity index (χ4n) is 0.418. The van der Waals surface area contributed by atoms with Crippen LogP contribution >= 0.6 is 0 Å². The minimum Gasteiger partial charge on any atom is -0.257 e. The van der Waals surface area contributed by atoms with Crippen molar-refractivity contribution in [2.75, 3.05) is 0 Å². The van der Waals surface area contributed by atoms with Crippen molar-refractivity contribution in [2.24, 2.45) is 0 Å². The van der Waals surface area contributed by atoms with Crippen LogP contribution in [0.15, 0.2) is 12.4 Å². The van der Waals surface area contributed by atoms with Gasteiger partial charge in [0.25, 0.3) is 0 Å². The van der Waals surface area contributed by atoms with E-state index in [9.17, 15) is 0 Å². The van der Waals surface area contributed by atoms with Gasteiger partial charge in [-0.25, -0.2) is 0 Å². The van der Waals surface area contributed by atoms with E-state index in [2.05, 4.69) is 23.1 Å². The predicted octanol–water partition coefficient (Wildman–Crippen LogP) is 0.653. The highest BCUT2D eigenvalue weighted by atomic mass is 14.8. The van der Waals surface area contributed by atoms with Crippen LogP contribution < -0.4 is 0 Å². The van der Waals surface area contributed by atoms with Crippen molar-refractivity contribution in [1.82, 2.24) is 9.97 Å². The van der Waals surface area contributed by atoms with E-state index >= 15 is 0 Å². The first-order valence-corrected chi connectivity index (χ1v) is 2.40. The molecule has 0 aliphatic rings. The van der Waals surface area contributed by atoms with Crippen LogP contribution in [0.1, 0.15) is 5.69 Å². The van der Waals surface area contributed by atoms with Crippen LogP contribution in [0.2, 0.25) is 0 Å². The highest BCUT2D eigenvalue weighted by Crippen LogP contribution is 1.86. The summed E-state index contributed by atoms with van der Waals surface area (Å²) in [7, 11) is 0. The zero-order chi connectivity index (χ0) is 5.82. The largest absolute Gasteiger partial charge is 0.257 e. The van der Waals surface area contributed by atoms with Crippen LogP contribution in [-0.2, 0) is 6.42 Å². The van der Waals surface area contributed by atoms with Gasteiger partial charge in [0.1, 0.15) is 6.20 Å². The standard InChI is InChI=1S/C6H6N2/c1-2-6-5-7-3-4-8-6/h3-4H,1-2H2. The van der Waals surface area contributed by atoms with Gasteiger partial charge in [-0.15, -0.1) is 0 Å². The molecule has 0 aromatic carbocycles. The number of aromatic nitrogens is 2. The van der Waals surface area contributed by atoms with Gasteiger partial charge in [-0.2, -0.15) is 0 Å². The topological polar surface area (TPSA) is 25.8 Å². The van der Waals surface area contributed by atoms with E-state index < -0.39 is 0 Å². The molecule has 0 aliphatic carbocycles. The molecule has 2 radical (unpaired) electrons. The molecule has 2 nitrogen and oxygen atoms in total. The molecule has 0 aliphatic heterocycles. The molecule has 1 aromatic rings. The van der Waals surface area contributed by atoms with E-state index in [1.54, 1.807) is 12.4 Å². The molecule has 0 spiro atoms. The number of nitrogens with zero attached hydrogens (tertiary/aromatic N) is 2. The molecule has 0 fully saturated rings. The molecule has 0 bridgehead atoms. The van der Waals surface area contributed by atoms with Gasteiger partial charge in [0, 0.05) is 12.4 Å². The molecule has 2 heteroatoms. The van der Waals surface area contributed by atoms with Crippen molar-refractivity contribution in [2.45, 2.75) is 6.42 Å². The Morgan fingerprint density at radius 3 is 2.88 bits per heavy atom. The minimum atomic E-state index is 0.661. The lowest BCUT2D eigenvalue weighted by Crippen LogP contribution is -1.85. The van der Waals surface area contributed by atoms with Gasteiger partial charge >= 0.3 is 0 Å². The first-order chi connectivity index (χ1) is 3.93. The van der Waals surface area contributed by atoms with E-state index in [1.807, 2.05) is 0 Å². The third kappa shape index (κ3) is 1.03. The van der Waals surface area contributed by atoms with Gasteiger partial charge in [0.15, 0.2) is 0 Å². The highest BCUT2D eigenvalue weighted by molar-refractivity contribution is 4.92. The predicted molar refractivity (Wildman–Crippen MR) is 29.9 cm³/mol. The molecular weight excluding hydrogens is 100 g/mol. The summed E-state index contributed by atoms with van der Waals surface area (Å²) in [6, 6.07) is 0. The van der Waals surface area contributed by atoms with Crippen LogP contribution in [-0.4, -0.2) is 9.97 Å². The van der Waals surface area contributed by atoms with Gasteiger partial charge in [-0.1, -0.05) is 0 Å². The SMILES string of the molecule is [CH2]Cc1[c]nccn1. The van der Waals surface area contributed by atoms with Crippen LogP contribution in [0.3, 0.4) is 0 Å². The van der Waals surface area contributed by atoms with Crippen molar-refractivity contribution in [1.29, 1.82) is 0 Å². The number of hydrogen-bond acceptors (Lipinski definition) is 2. The van der Waals surface area contributed by atoms with Gasteiger partial charge < -0.3 is 0 Å². The van der Waals surface area contributed by atoms with Crippen molar-refractivity contribution in [3.05, 3.63) is 31.2 Å². The molecule has 1 heterocycles. The molecule has 0 amide bonds. The van der Waals surface area contributed by atoms with Crippen LogP contribution in [0.5, 0.6) is 0 Å². The van der Waals surface area contributed by atoms with E-state index in [0.29, 0.717) is 6.42 Å². The van der Waals surface area contributed by atoms with Gasteiger partial charge in [-0.3, -0.25) is 9.97 Å². The Morgan fingerprint density at radius 1 is 1.62 bits per heavy atom. The minimum absolute atomic E-state index is 0.661. The Kier molecular flexibility index (Phi) is 1.57. The van der Waals surface area contributed by atoms with Crippen LogP contribution in [0, 0.1) is 13.1 Å². The molecule has 1 rings (SSSR count). The fraction of sp³-hybridized carbons (Fsp3) is 0.167. The summed E-state index contributed by atoms with van der Waals surface area (Å²) in [5.74, 6) is 0. The molecule has 0 atom stereocenters. The Morgan fingerprint density at radius 2 is 2.50 bits per heavy atom. The maximum atomic E-state index is 3.92. The molecule has 0 saturated heterocycles. The molecule has 8 heavy (non-hydrogen) atoms. The Balaban J connectivity index is 2.83. The number of rotatable bonds is 1. The second-order valence-corrected chi connectivity index (χ2v) is 1.36. The third-order valence-corrected chi connectivity index (χ3v) is 0.802. The van der Waals surface area contributed by atoms with Crippen molar-refractivity contribution in [3.63, 3.8) is 0 Å². The lowest BCUT2D eigenvalue weighted by Gasteiger charge is -1.86. The summed E-state index contributed by atoms with van der Waals surface area (Å²) in [4.78, 5) is 7.64. The van der Waals surface area contributed by atoms with Crippen molar-refractivity contribution >= 4 is 0 Å². The average molecular weight is 106 g/mol. The maximum Gasteiger partial charge on any atom is 0.112 e. The van der Waals surface area contributed by atoms with Crippen molar-refractivity contribution < 1.29 is 0 Å². The van der Waals surface area contributed by atoms with Crippen molar-refractivity contribution in [3.8, 4) is 0 Å². The van der Waals surface area contributed by atoms with Gasteiger partial charge in [0.05, 0.1) is 5.69 Å². The molecule has 0 unspecified atom stereocenters. The van der Waals surface area contributed by atoms with E-state index in [-0.39, 0.29) is 0 Å². The summed E-state index contributed by atoms with van der Waals surface area (Å²) in [5.41, 5.74) is 0.813. The van der Waals surface area contributed by atoms with Crippen LogP contribution in [0.25, 0.3) is 0 Å². The first kappa shape index (κ1) is 5.22. The Labute approximate surface area is 48.6 Å².